The molecule has 4 nitrogen and oxygen atoms in total. The Morgan fingerprint density at radius 2 is 2.11 bits per heavy atom. The van der Waals surface area contributed by atoms with Crippen molar-refractivity contribution >= 4 is 39.3 Å². The Balaban J connectivity index is 2.19. The smallest absolute Gasteiger partial charge is 0.223 e. The fraction of sp³-hybridized carbons (Fsp3) is 0.167. The van der Waals surface area contributed by atoms with Gasteiger partial charge in [0.1, 0.15) is 11.0 Å². The van der Waals surface area contributed by atoms with E-state index in [1.165, 1.54) is 5.56 Å². The molecule has 0 fully saturated rings. The van der Waals surface area contributed by atoms with Crippen LogP contribution in [0.25, 0.3) is 0 Å². The van der Waals surface area contributed by atoms with E-state index in [1.807, 2.05) is 30.1 Å². The van der Waals surface area contributed by atoms with Crippen LogP contribution in [0.1, 0.15) is 5.56 Å². The van der Waals surface area contributed by atoms with E-state index in [0.717, 1.165) is 4.47 Å². The number of hydrogen-bond donors (Lipinski definition) is 1. The lowest BCUT2D eigenvalue weighted by Crippen LogP contribution is -2.18. The fourth-order valence-corrected chi connectivity index (χ4v) is 2.24. The Hall–Kier alpha value is -1.33. The standard InChI is InChI=1S/C12H12BrClN4/c1-18(7-8-3-2-4-9(13)5-8)11-6-10(14)16-12(15)17-11/h2-6H,7H2,1H3,(H2,15,16,17). The summed E-state index contributed by atoms with van der Waals surface area (Å²) in [6.45, 7) is 0.715. The molecule has 1 aromatic heterocycles. The highest BCUT2D eigenvalue weighted by molar-refractivity contribution is 9.10. The van der Waals surface area contributed by atoms with Crippen molar-refractivity contribution in [3.05, 3.63) is 45.5 Å². The lowest BCUT2D eigenvalue weighted by atomic mass is 10.2. The van der Waals surface area contributed by atoms with Crippen molar-refractivity contribution in [1.29, 1.82) is 0 Å². The van der Waals surface area contributed by atoms with Crippen molar-refractivity contribution in [2.24, 2.45) is 0 Å². The van der Waals surface area contributed by atoms with Crippen LogP contribution in [0.2, 0.25) is 5.15 Å². The molecule has 6 heteroatoms. The average molecular weight is 328 g/mol. The zero-order valence-corrected chi connectivity index (χ0v) is 12.1. The normalized spacial score (nSPS) is 10.4. The molecule has 0 aliphatic rings. The van der Waals surface area contributed by atoms with Gasteiger partial charge in [-0.25, -0.2) is 4.98 Å². The van der Waals surface area contributed by atoms with Gasteiger partial charge in [0.05, 0.1) is 0 Å². The maximum atomic E-state index is 5.86. The van der Waals surface area contributed by atoms with E-state index < -0.39 is 0 Å². The third kappa shape index (κ3) is 3.34. The summed E-state index contributed by atoms with van der Waals surface area (Å²) in [5.74, 6) is 0.881. The molecule has 0 radical (unpaired) electrons. The number of hydrogen-bond acceptors (Lipinski definition) is 4. The minimum atomic E-state index is 0.179. The van der Waals surface area contributed by atoms with E-state index in [1.54, 1.807) is 6.07 Å². The molecule has 0 aliphatic heterocycles. The molecule has 0 amide bonds. The zero-order valence-electron chi connectivity index (χ0n) is 9.77. The molecule has 0 unspecified atom stereocenters. The topological polar surface area (TPSA) is 55.0 Å². The first-order chi connectivity index (χ1) is 8.54. The number of nitrogens with zero attached hydrogens (tertiary/aromatic N) is 3. The van der Waals surface area contributed by atoms with Crippen molar-refractivity contribution in [2.45, 2.75) is 6.54 Å². The summed E-state index contributed by atoms with van der Waals surface area (Å²) in [7, 11) is 1.93. The zero-order chi connectivity index (χ0) is 13.1. The van der Waals surface area contributed by atoms with Crippen molar-refractivity contribution in [2.75, 3.05) is 17.7 Å². The highest BCUT2D eigenvalue weighted by atomic mass is 79.9. The largest absolute Gasteiger partial charge is 0.368 e. The van der Waals surface area contributed by atoms with E-state index in [0.29, 0.717) is 17.5 Å². The van der Waals surface area contributed by atoms with Gasteiger partial charge >= 0.3 is 0 Å². The van der Waals surface area contributed by atoms with Crippen LogP contribution in [0.15, 0.2) is 34.8 Å². The summed E-state index contributed by atoms with van der Waals surface area (Å²) in [6.07, 6.45) is 0. The second-order valence-corrected chi connectivity index (χ2v) is 5.20. The maximum absolute atomic E-state index is 5.86. The first-order valence-electron chi connectivity index (χ1n) is 5.30. The predicted molar refractivity (Wildman–Crippen MR) is 77.7 cm³/mol. The van der Waals surface area contributed by atoms with Gasteiger partial charge in [-0.2, -0.15) is 4.98 Å². The highest BCUT2D eigenvalue weighted by Gasteiger charge is 2.07. The summed E-state index contributed by atoms with van der Waals surface area (Å²) in [5.41, 5.74) is 6.74. The minimum Gasteiger partial charge on any atom is -0.368 e. The van der Waals surface area contributed by atoms with Crippen molar-refractivity contribution in [1.82, 2.24) is 9.97 Å². The van der Waals surface area contributed by atoms with Crippen LogP contribution >= 0.6 is 27.5 Å². The number of nitrogen functional groups attached to an aromatic ring is 1. The molecular formula is C12H12BrClN4. The number of aromatic nitrogens is 2. The first kappa shape index (κ1) is 13.1. The van der Waals surface area contributed by atoms with Gasteiger partial charge in [0.15, 0.2) is 0 Å². The molecular weight excluding hydrogens is 316 g/mol. The predicted octanol–water partition coefficient (Wildman–Crippen LogP) is 3.11. The Kier molecular flexibility index (Phi) is 4.04. The summed E-state index contributed by atoms with van der Waals surface area (Å²) < 4.78 is 1.05. The van der Waals surface area contributed by atoms with Gasteiger partial charge in [0, 0.05) is 24.1 Å². The van der Waals surface area contributed by atoms with Gasteiger partial charge in [-0.15, -0.1) is 0 Å². The van der Waals surface area contributed by atoms with Gasteiger partial charge in [-0.3, -0.25) is 0 Å². The van der Waals surface area contributed by atoms with Crippen LogP contribution in [0.4, 0.5) is 11.8 Å². The Morgan fingerprint density at radius 1 is 1.33 bits per heavy atom. The van der Waals surface area contributed by atoms with Crippen LogP contribution in [-0.4, -0.2) is 17.0 Å². The van der Waals surface area contributed by atoms with Gasteiger partial charge < -0.3 is 10.6 Å². The quantitative estimate of drug-likeness (QED) is 0.880. The molecule has 0 spiro atoms. The molecule has 18 heavy (non-hydrogen) atoms. The fourth-order valence-electron chi connectivity index (χ4n) is 1.61. The van der Waals surface area contributed by atoms with E-state index in [4.69, 9.17) is 17.3 Å². The number of anilines is 2. The molecule has 2 N–H and O–H groups in total. The molecule has 94 valence electrons. The van der Waals surface area contributed by atoms with E-state index >= 15 is 0 Å². The Labute approximate surface area is 119 Å². The lowest BCUT2D eigenvalue weighted by Gasteiger charge is -2.18. The Morgan fingerprint density at radius 3 is 2.78 bits per heavy atom. The molecule has 0 atom stereocenters. The SMILES string of the molecule is CN(Cc1cccc(Br)c1)c1cc(Cl)nc(N)n1. The molecule has 2 rings (SSSR count). The summed E-state index contributed by atoms with van der Waals surface area (Å²) in [6, 6.07) is 9.78. The van der Waals surface area contributed by atoms with Crippen LogP contribution in [0, 0.1) is 0 Å². The van der Waals surface area contributed by atoms with Crippen LogP contribution < -0.4 is 10.6 Å². The lowest BCUT2D eigenvalue weighted by molar-refractivity contribution is 0.893. The average Bonchev–Trinajstić information content (AvgIpc) is 2.27. The van der Waals surface area contributed by atoms with Crippen LogP contribution in [0.5, 0.6) is 0 Å². The number of rotatable bonds is 3. The van der Waals surface area contributed by atoms with Gasteiger partial charge in [-0.05, 0) is 17.7 Å². The first-order valence-corrected chi connectivity index (χ1v) is 6.47. The molecule has 0 saturated carbocycles. The second-order valence-electron chi connectivity index (χ2n) is 3.89. The third-order valence-electron chi connectivity index (χ3n) is 2.40. The molecule has 0 bridgehead atoms. The van der Waals surface area contributed by atoms with Gasteiger partial charge in [0.2, 0.25) is 5.95 Å². The van der Waals surface area contributed by atoms with Gasteiger partial charge in [0.25, 0.3) is 0 Å². The summed E-state index contributed by atoms with van der Waals surface area (Å²) >= 11 is 9.30. The summed E-state index contributed by atoms with van der Waals surface area (Å²) in [5, 5.41) is 0.346. The van der Waals surface area contributed by atoms with E-state index in [9.17, 15) is 0 Å². The molecule has 2 aromatic rings. The van der Waals surface area contributed by atoms with E-state index in [2.05, 4.69) is 32.0 Å². The number of nitrogens with two attached hydrogens (primary N) is 1. The number of benzene rings is 1. The summed E-state index contributed by atoms with van der Waals surface area (Å²) in [4.78, 5) is 9.95. The van der Waals surface area contributed by atoms with Crippen molar-refractivity contribution < 1.29 is 0 Å². The Bertz CT molecular complexity index is 541. The maximum Gasteiger partial charge on any atom is 0.223 e. The monoisotopic (exact) mass is 326 g/mol. The minimum absolute atomic E-state index is 0.179. The number of halogens is 2. The van der Waals surface area contributed by atoms with Gasteiger partial charge in [-0.1, -0.05) is 39.7 Å². The van der Waals surface area contributed by atoms with Crippen LogP contribution in [-0.2, 0) is 6.54 Å². The molecule has 0 aliphatic carbocycles. The van der Waals surface area contributed by atoms with E-state index in [-0.39, 0.29) is 5.95 Å². The van der Waals surface area contributed by atoms with Crippen molar-refractivity contribution in [3.8, 4) is 0 Å². The molecule has 1 heterocycles. The molecule has 0 saturated heterocycles. The van der Waals surface area contributed by atoms with Crippen LogP contribution in [0.3, 0.4) is 0 Å². The second kappa shape index (κ2) is 5.54. The highest BCUT2D eigenvalue weighted by Crippen LogP contribution is 2.19. The van der Waals surface area contributed by atoms with Crippen molar-refractivity contribution in [3.63, 3.8) is 0 Å². The molecule has 1 aromatic carbocycles. The third-order valence-corrected chi connectivity index (χ3v) is 3.09.